The van der Waals surface area contributed by atoms with E-state index in [4.69, 9.17) is 9.47 Å². The SMILES string of the molecule is CN=C(NCC(C)Oc1ccc(F)cc1)NC1CCN(C(=O)OC)CC1. The van der Waals surface area contributed by atoms with Crippen LogP contribution in [0.2, 0.25) is 0 Å². The largest absolute Gasteiger partial charge is 0.489 e. The van der Waals surface area contributed by atoms with Crippen molar-refractivity contribution in [2.75, 3.05) is 33.8 Å². The molecule has 1 fully saturated rings. The lowest BCUT2D eigenvalue weighted by Crippen LogP contribution is -2.50. The monoisotopic (exact) mass is 366 g/mol. The number of piperidine rings is 1. The van der Waals surface area contributed by atoms with Gasteiger partial charge in [0.05, 0.1) is 13.7 Å². The van der Waals surface area contributed by atoms with Crippen LogP contribution < -0.4 is 15.4 Å². The molecule has 0 spiro atoms. The molecular formula is C18H27FN4O3. The van der Waals surface area contributed by atoms with E-state index in [0.717, 1.165) is 12.8 Å². The second-order valence-electron chi connectivity index (χ2n) is 6.21. The highest BCUT2D eigenvalue weighted by Crippen LogP contribution is 2.13. The maximum absolute atomic E-state index is 12.9. The lowest BCUT2D eigenvalue weighted by molar-refractivity contribution is 0.111. The molecule has 0 radical (unpaired) electrons. The molecule has 144 valence electrons. The van der Waals surface area contributed by atoms with E-state index >= 15 is 0 Å². The Morgan fingerprint density at radius 2 is 2.00 bits per heavy atom. The van der Waals surface area contributed by atoms with Gasteiger partial charge in [-0.1, -0.05) is 0 Å². The van der Waals surface area contributed by atoms with E-state index in [1.807, 2.05) is 6.92 Å². The summed E-state index contributed by atoms with van der Waals surface area (Å²) in [6.07, 6.45) is 1.27. The first-order chi connectivity index (χ1) is 12.5. The van der Waals surface area contributed by atoms with Crippen molar-refractivity contribution in [2.24, 2.45) is 4.99 Å². The average Bonchev–Trinajstić information content (AvgIpc) is 2.66. The van der Waals surface area contributed by atoms with Crippen LogP contribution >= 0.6 is 0 Å². The van der Waals surface area contributed by atoms with Crippen molar-refractivity contribution in [2.45, 2.75) is 31.9 Å². The first kappa shape index (κ1) is 19.8. The Hall–Kier alpha value is -2.51. The minimum absolute atomic E-state index is 0.111. The molecule has 0 aromatic heterocycles. The van der Waals surface area contributed by atoms with E-state index in [2.05, 4.69) is 15.6 Å². The fourth-order valence-electron chi connectivity index (χ4n) is 2.75. The van der Waals surface area contributed by atoms with Gasteiger partial charge in [-0.15, -0.1) is 0 Å². The van der Waals surface area contributed by atoms with Gasteiger partial charge in [0.1, 0.15) is 17.7 Å². The Labute approximate surface area is 153 Å². The van der Waals surface area contributed by atoms with Gasteiger partial charge in [0.2, 0.25) is 0 Å². The highest BCUT2D eigenvalue weighted by Gasteiger charge is 2.23. The number of carbonyl (C=O) groups excluding carboxylic acids is 1. The molecule has 1 aromatic rings. The smallest absolute Gasteiger partial charge is 0.409 e. The predicted molar refractivity (Wildman–Crippen MR) is 98.0 cm³/mol. The van der Waals surface area contributed by atoms with Crippen molar-refractivity contribution in [1.29, 1.82) is 0 Å². The molecule has 7 nitrogen and oxygen atoms in total. The van der Waals surface area contributed by atoms with Gasteiger partial charge in [0, 0.05) is 26.2 Å². The summed E-state index contributed by atoms with van der Waals surface area (Å²) in [5.41, 5.74) is 0. The van der Waals surface area contributed by atoms with E-state index in [9.17, 15) is 9.18 Å². The minimum Gasteiger partial charge on any atom is -0.489 e. The van der Waals surface area contributed by atoms with Gasteiger partial charge in [-0.3, -0.25) is 4.99 Å². The van der Waals surface area contributed by atoms with Crippen molar-refractivity contribution < 1.29 is 18.7 Å². The van der Waals surface area contributed by atoms with Crippen LogP contribution in [0.1, 0.15) is 19.8 Å². The van der Waals surface area contributed by atoms with E-state index in [-0.39, 0.29) is 24.1 Å². The zero-order chi connectivity index (χ0) is 18.9. The first-order valence-corrected chi connectivity index (χ1v) is 8.74. The summed E-state index contributed by atoms with van der Waals surface area (Å²) in [5, 5.41) is 6.59. The Bertz CT molecular complexity index is 601. The number of carbonyl (C=O) groups is 1. The number of aliphatic imine (C=N–C) groups is 1. The summed E-state index contributed by atoms with van der Waals surface area (Å²) in [6, 6.07) is 6.20. The number of halogens is 1. The second-order valence-corrected chi connectivity index (χ2v) is 6.21. The van der Waals surface area contributed by atoms with Crippen LogP contribution in [0.25, 0.3) is 0 Å². The van der Waals surface area contributed by atoms with Crippen LogP contribution in [0.3, 0.4) is 0 Å². The summed E-state index contributed by atoms with van der Waals surface area (Å²) in [6.45, 7) is 3.80. The Kier molecular flexibility index (Phi) is 7.50. The van der Waals surface area contributed by atoms with Gasteiger partial charge in [0.25, 0.3) is 0 Å². The highest BCUT2D eigenvalue weighted by atomic mass is 19.1. The molecule has 1 atom stereocenters. The Morgan fingerprint density at radius 3 is 2.58 bits per heavy atom. The van der Waals surface area contributed by atoms with E-state index < -0.39 is 0 Å². The number of ether oxygens (including phenoxy) is 2. The third kappa shape index (κ3) is 6.09. The fourth-order valence-corrected chi connectivity index (χ4v) is 2.75. The first-order valence-electron chi connectivity index (χ1n) is 8.74. The Balaban J connectivity index is 1.72. The number of hydrogen-bond acceptors (Lipinski definition) is 4. The van der Waals surface area contributed by atoms with Crippen LogP contribution in [0, 0.1) is 5.82 Å². The maximum atomic E-state index is 12.9. The predicted octanol–water partition coefficient (Wildman–Crippen LogP) is 1.99. The third-order valence-electron chi connectivity index (χ3n) is 4.20. The lowest BCUT2D eigenvalue weighted by atomic mass is 10.1. The summed E-state index contributed by atoms with van der Waals surface area (Å²) in [5.74, 6) is 1.03. The van der Waals surface area contributed by atoms with Crippen LogP contribution in [0.5, 0.6) is 5.75 Å². The number of nitrogens with one attached hydrogen (secondary N) is 2. The number of hydrogen-bond donors (Lipinski definition) is 2. The summed E-state index contributed by atoms with van der Waals surface area (Å²) >= 11 is 0. The Morgan fingerprint density at radius 1 is 1.35 bits per heavy atom. The summed E-state index contributed by atoms with van der Waals surface area (Å²) < 4.78 is 23.4. The van der Waals surface area contributed by atoms with Gasteiger partial charge in [-0.25, -0.2) is 9.18 Å². The standard InChI is InChI=1S/C18H27FN4O3/c1-13(26-16-6-4-14(19)5-7-16)12-21-17(20-2)22-15-8-10-23(11-9-15)18(24)25-3/h4-7,13,15H,8-12H2,1-3H3,(H2,20,21,22). The van der Waals surface area contributed by atoms with E-state index in [1.54, 1.807) is 24.1 Å². The second kappa shape index (κ2) is 9.84. The fraction of sp³-hybridized carbons (Fsp3) is 0.556. The van der Waals surface area contributed by atoms with Crippen LogP contribution in [0.15, 0.2) is 29.3 Å². The molecule has 0 bridgehead atoms. The molecule has 1 saturated heterocycles. The zero-order valence-electron chi connectivity index (χ0n) is 15.5. The number of benzene rings is 1. The molecule has 1 heterocycles. The number of likely N-dealkylation sites (tertiary alicyclic amines) is 1. The van der Waals surface area contributed by atoms with Crippen LogP contribution in [0.4, 0.5) is 9.18 Å². The average molecular weight is 366 g/mol. The normalized spacial score (nSPS) is 16.8. The number of methoxy groups -OCH3 is 1. The number of guanidine groups is 1. The van der Waals surface area contributed by atoms with E-state index in [0.29, 0.717) is 31.3 Å². The summed E-state index contributed by atoms with van der Waals surface area (Å²) in [4.78, 5) is 17.4. The van der Waals surface area contributed by atoms with Crippen molar-refractivity contribution in [3.8, 4) is 5.75 Å². The van der Waals surface area contributed by atoms with Crippen LogP contribution in [-0.2, 0) is 4.74 Å². The summed E-state index contributed by atoms with van der Waals surface area (Å²) in [7, 11) is 3.11. The molecule has 2 N–H and O–H groups in total. The van der Waals surface area contributed by atoms with Crippen molar-refractivity contribution in [1.82, 2.24) is 15.5 Å². The molecule has 0 saturated carbocycles. The molecule has 1 aliphatic rings. The molecule has 2 rings (SSSR count). The van der Waals surface area contributed by atoms with Gasteiger partial charge in [-0.2, -0.15) is 0 Å². The number of nitrogens with zero attached hydrogens (tertiary/aromatic N) is 2. The third-order valence-corrected chi connectivity index (χ3v) is 4.20. The molecular weight excluding hydrogens is 339 g/mol. The van der Waals surface area contributed by atoms with E-state index in [1.165, 1.54) is 19.2 Å². The van der Waals surface area contributed by atoms with Gasteiger partial charge in [-0.05, 0) is 44.0 Å². The molecule has 1 amide bonds. The lowest BCUT2D eigenvalue weighted by Gasteiger charge is -2.32. The van der Waals surface area contributed by atoms with Crippen molar-refractivity contribution >= 4 is 12.1 Å². The number of amides is 1. The van der Waals surface area contributed by atoms with Gasteiger partial charge in [0.15, 0.2) is 5.96 Å². The van der Waals surface area contributed by atoms with Gasteiger partial charge < -0.3 is 25.0 Å². The quantitative estimate of drug-likeness (QED) is 0.616. The number of rotatable bonds is 5. The topological polar surface area (TPSA) is 75.2 Å². The molecule has 26 heavy (non-hydrogen) atoms. The van der Waals surface area contributed by atoms with Gasteiger partial charge >= 0.3 is 6.09 Å². The molecule has 1 aromatic carbocycles. The molecule has 0 aliphatic carbocycles. The minimum atomic E-state index is -0.286. The molecule has 1 unspecified atom stereocenters. The van der Waals surface area contributed by atoms with Crippen molar-refractivity contribution in [3.63, 3.8) is 0 Å². The maximum Gasteiger partial charge on any atom is 0.409 e. The highest BCUT2D eigenvalue weighted by molar-refractivity contribution is 5.80. The van der Waals surface area contributed by atoms with Crippen LogP contribution in [-0.4, -0.2) is 62.9 Å². The zero-order valence-corrected chi connectivity index (χ0v) is 15.5. The van der Waals surface area contributed by atoms with Crippen molar-refractivity contribution in [3.05, 3.63) is 30.1 Å². The molecule has 8 heteroatoms. The molecule has 1 aliphatic heterocycles.